The molecule has 0 radical (unpaired) electrons. The van der Waals surface area contributed by atoms with E-state index in [9.17, 15) is 5.11 Å². The number of pyridine rings is 1. The Morgan fingerprint density at radius 1 is 1.21 bits per heavy atom. The van der Waals surface area contributed by atoms with Crippen LogP contribution in [-0.4, -0.2) is 10.1 Å². The molecule has 0 unspecified atom stereocenters. The SMILES string of the molecule is Cc1cc(O)c2nc(C)cc(C)[n+]2c1. The number of hydrogen-bond acceptors (Lipinski definition) is 2. The predicted molar refractivity (Wildman–Crippen MR) is 53.3 cm³/mol. The molecule has 0 aromatic carbocycles. The third kappa shape index (κ3) is 1.31. The molecule has 0 aliphatic heterocycles. The molecule has 0 amide bonds. The molecule has 0 atom stereocenters. The van der Waals surface area contributed by atoms with E-state index in [0.29, 0.717) is 5.65 Å². The van der Waals surface area contributed by atoms with E-state index >= 15 is 0 Å². The van der Waals surface area contributed by atoms with Crippen molar-refractivity contribution in [2.24, 2.45) is 0 Å². The average molecular weight is 189 g/mol. The first-order chi connectivity index (χ1) is 6.58. The Bertz CT molecular complexity index is 459. The molecule has 0 saturated heterocycles. The number of aromatic hydroxyl groups is 1. The molecule has 0 bridgehead atoms. The minimum Gasteiger partial charge on any atom is -0.501 e. The Kier molecular flexibility index (Phi) is 1.88. The van der Waals surface area contributed by atoms with Crippen LogP contribution in [-0.2, 0) is 0 Å². The van der Waals surface area contributed by atoms with Gasteiger partial charge in [0.1, 0.15) is 5.69 Å². The van der Waals surface area contributed by atoms with E-state index in [-0.39, 0.29) is 5.75 Å². The van der Waals surface area contributed by atoms with Gasteiger partial charge in [0.15, 0.2) is 5.69 Å². The van der Waals surface area contributed by atoms with Gasteiger partial charge >= 0.3 is 5.65 Å². The summed E-state index contributed by atoms with van der Waals surface area (Å²) in [5.41, 5.74) is 3.63. The van der Waals surface area contributed by atoms with Crippen LogP contribution in [0.15, 0.2) is 18.3 Å². The van der Waals surface area contributed by atoms with Gasteiger partial charge in [-0.05, 0) is 30.5 Å². The molecule has 2 aromatic heterocycles. The van der Waals surface area contributed by atoms with Gasteiger partial charge in [-0.3, -0.25) is 0 Å². The molecule has 0 aliphatic carbocycles. The van der Waals surface area contributed by atoms with Crippen molar-refractivity contribution in [3.8, 4) is 5.75 Å². The molecule has 14 heavy (non-hydrogen) atoms. The van der Waals surface area contributed by atoms with Gasteiger partial charge in [-0.15, -0.1) is 0 Å². The lowest BCUT2D eigenvalue weighted by atomic mass is 10.2. The van der Waals surface area contributed by atoms with Gasteiger partial charge in [0.2, 0.25) is 5.75 Å². The van der Waals surface area contributed by atoms with Gasteiger partial charge in [0, 0.05) is 13.0 Å². The van der Waals surface area contributed by atoms with Crippen LogP contribution in [0, 0.1) is 20.8 Å². The summed E-state index contributed by atoms with van der Waals surface area (Å²) in [6.45, 7) is 5.87. The van der Waals surface area contributed by atoms with E-state index in [1.165, 1.54) is 0 Å². The topological polar surface area (TPSA) is 37.2 Å². The van der Waals surface area contributed by atoms with E-state index in [1.807, 2.05) is 37.4 Å². The van der Waals surface area contributed by atoms with Crippen LogP contribution in [0.3, 0.4) is 0 Å². The number of hydrogen-bond donors (Lipinski definition) is 1. The van der Waals surface area contributed by atoms with E-state index in [0.717, 1.165) is 17.0 Å². The van der Waals surface area contributed by atoms with Crippen molar-refractivity contribution in [1.29, 1.82) is 0 Å². The van der Waals surface area contributed by atoms with Crippen molar-refractivity contribution >= 4 is 5.65 Å². The lowest BCUT2D eigenvalue weighted by molar-refractivity contribution is -0.523. The lowest BCUT2D eigenvalue weighted by Gasteiger charge is -2.00. The Balaban J connectivity index is 2.94. The fourth-order valence-corrected chi connectivity index (χ4v) is 1.66. The maximum absolute atomic E-state index is 9.72. The lowest BCUT2D eigenvalue weighted by Crippen LogP contribution is -2.27. The monoisotopic (exact) mass is 189 g/mol. The van der Waals surface area contributed by atoms with Crippen LogP contribution < -0.4 is 4.40 Å². The van der Waals surface area contributed by atoms with E-state index in [2.05, 4.69) is 4.98 Å². The number of aromatic nitrogens is 2. The van der Waals surface area contributed by atoms with Crippen LogP contribution >= 0.6 is 0 Å². The zero-order chi connectivity index (χ0) is 10.3. The first-order valence-electron chi connectivity index (χ1n) is 4.57. The highest BCUT2D eigenvalue weighted by Gasteiger charge is 2.13. The maximum Gasteiger partial charge on any atom is 0.370 e. The van der Waals surface area contributed by atoms with Gasteiger partial charge in [-0.25, -0.2) is 0 Å². The molecule has 3 nitrogen and oxygen atoms in total. The number of aryl methyl sites for hydroxylation is 3. The molecule has 0 saturated carbocycles. The first kappa shape index (κ1) is 8.94. The molecule has 0 aliphatic rings. The van der Waals surface area contributed by atoms with Crippen LogP contribution in [0.5, 0.6) is 5.75 Å². The molecule has 2 heterocycles. The van der Waals surface area contributed by atoms with Crippen molar-refractivity contribution in [3.05, 3.63) is 35.3 Å². The Morgan fingerprint density at radius 2 is 1.93 bits per heavy atom. The molecular weight excluding hydrogens is 176 g/mol. The van der Waals surface area contributed by atoms with Gasteiger partial charge < -0.3 is 5.11 Å². The molecule has 2 aromatic rings. The molecule has 1 N–H and O–H groups in total. The predicted octanol–water partition coefficient (Wildman–Crippen LogP) is 1.45. The quantitative estimate of drug-likeness (QED) is 0.637. The zero-order valence-corrected chi connectivity index (χ0v) is 8.57. The second-order valence-electron chi connectivity index (χ2n) is 3.64. The largest absolute Gasteiger partial charge is 0.501 e. The van der Waals surface area contributed by atoms with Crippen LogP contribution in [0.2, 0.25) is 0 Å². The van der Waals surface area contributed by atoms with Crippen molar-refractivity contribution < 1.29 is 9.51 Å². The van der Waals surface area contributed by atoms with Crippen molar-refractivity contribution in [2.45, 2.75) is 20.8 Å². The highest BCUT2D eigenvalue weighted by molar-refractivity contribution is 5.47. The average Bonchev–Trinajstić information content (AvgIpc) is 2.07. The summed E-state index contributed by atoms with van der Waals surface area (Å²) in [5, 5.41) is 9.72. The summed E-state index contributed by atoms with van der Waals surface area (Å²) in [6.07, 6.45) is 1.97. The summed E-state index contributed by atoms with van der Waals surface area (Å²) >= 11 is 0. The minimum atomic E-state index is 0.233. The third-order valence-corrected chi connectivity index (χ3v) is 2.23. The van der Waals surface area contributed by atoms with E-state index < -0.39 is 0 Å². The molecule has 2 rings (SSSR count). The van der Waals surface area contributed by atoms with E-state index in [4.69, 9.17) is 0 Å². The van der Waals surface area contributed by atoms with Crippen LogP contribution in [0.1, 0.15) is 17.0 Å². The van der Waals surface area contributed by atoms with Gasteiger partial charge in [-0.2, -0.15) is 4.40 Å². The summed E-state index contributed by atoms with van der Waals surface area (Å²) < 4.78 is 1.90. The van der Waals surface area contributed by atoms with Gasteiger partial charge in [0.25, 0.3) is 0 Å². The molecule has 72 valence electrons. The van der Waals surface area contributed by atoms with Crippen molar-refractivity contribution in [2.75, 3.05) is 0 Å². The highest BCUT2D eigenvalue weighted by atomic mass is 16.3. The number of nitrogens with zero attached hydrogens (tertiary/aromatic N) is 2. The molecular formula is C11H13N2O+. The van der Waals surface area contributed by atoms with Gasteiger partial charge in [-0.1, -0.05) is 0 Å². The Morgan fingerprint density at radius 3 is 2.64 bits per heavy atom. The summed E-state index contributed by atoms with van der Waals surface area (Å²) in [7, 11) is 0. The minimum absolute atomic E-state index is 0.233. The molecule has 0 fully saturated rings. The third-order valence-electron chi connectivity index (χ3n) is 2.23. The zero-order valence-electron chi connectivity index (χ0n) is 8.57. The number of rotatable bonds is 0. The standard InChI is InChI=1S/C11H12N2O/c1-7-4-10(14)11-12-8(2)5-9(3)13(11)6-7/h4-6H,1-3H3/p+1. The maximum atomic E-state index is 9.72. The molecule has 3 heteroatoms. The highest BCUT2D eigenvalue weighted by Crippen LogP contribution is 2.14. The fourth-order valence-electron chi connectivity index (χ4n) is 1.66. The number of fused-ring (bicyclic) bond motifs is 1. The van der Waals surface area contributed by atoms with Crippen molar-refractivity contribution in [3.63, 3.8) is 0 Å². The second-order valence-corrected chi connectivity index (χ2v) is 3.64. The summed E-state index contributed by atoms with van der Waals surface area (Å²) in [4.78, 5) is 4.29. The summed E-state index contributed by atoms with van der Waals surface area (Å²) in [5.74, 6) is 0.233. The molecule has 0 spiro atoms. The Hall–Kier alpha value is -1.64. The Labute approximate surface area is 82.7 Å². The fraction of sp³-hybridized carbons (Fsp3) is 0.273. The first-order valence-corrected chi connectivity index (χ1v) is 4.57. The van der Waals surface area contributed by atoms with E-state index in [1.54, 1.807) is 6.07 Å². The smallest absolute Gasteiger partial charge is 0.370 e. The van der Waals surface area contributed by atoms with Crippen LogP contribution in [0.25, 0.3) is 5.65 Å². The summed E-state index contributed by atoms with van der Waals surface area (Å²) in [6, 6.07) is 3.72. The van der Waals surface area contributed by atoms with Crippen molar-refractivity contribution in [1.82, 2.24) is 4.98 Å². The van der Waals surface area contributed by atoms with Gasteiger partial charge in [0.05, 0.1) is 6.20 Å². The normalized spacial score (nSPS) is 10.8. The van der Waals surface area contributed by atoms with Crippen LogP contribution in [0.4, 0.5) is 0 Å². The second kappa shape index (κ2) is 2.94.